The summed E-state index contributed by atoms with van der Waals surface area (Å²) in [7, 11) is 0. The summed E-state index contributed by atoms with van der Waals surface area (Å²) in [5, 5.41) is 0. The minimum atomic E-state index is -0.867. The van der Waals surface area contributed by atoms with Crippen LogP contribution in [0.1, 0.15) is 38.3 Å². The van der Waals surface area contributed by atoms with E-state index >= 15 is 0 Å². The Bertz CT molecular complexity index is 710. The highest BCUT2D eigenvalue weighted by molar-refractivity contribution is 6.20. The van der Waals surface area contributed by atoms with Crippen molar-refractivity contribution < 1.29 is 4.79 Å². The van der Waals surface area contributed by atoms with Crippen LogP contribution in [-0.4, -0.2) is 24.3 Å². The zero-order valence-electron chi connectivity index (χ0n) is 14.6. The molecule has 0 fully saturated rings. The Morgan fingerprint density at radius 1 is 1.04 bits per heavy atom. The zero-order chi connectivity index (χ0) is 17.5. The molecule has 0 saturated heterocycles. The van der Waals surface area contributed by atoms with Crippen molar-refractivity contribution in [1.29, 1.82) is 0 Å². The number of nitrogens with two attached hydrogens (primary N) is 1. The molecule has 0 aliphatic carbocycles. The van der Waals surface area contributed by atoms with Gasteiger partial charge in [0.25, 0.3) is 5.91 Å². The van der Waals surface area contributed by atoms with Crippen molar-refractivity contribution in [3.05, 3.63) is 65.7 Å². The van der Waals surface area contributed by atoms with Crippen LogP contribution in [0.15, 0.2) is 59.6 Å². The zero-order valence-corrected chi connectivity index (χ0v) is 14.6. The van der Waals surface area contributed by atoms with E-state index in [0.717, 1.165) is 28.9 Å². The van der Waals surface area contributed by atoms with Gasteiger partial charge in [0, 0.05) is 17.7 Å². The van der Waals surface area contributed by atoms with E-state index in [0.29, 0.717) is 6.54 Å². The van der Waals surface area contributed by atoms with Gasteiger partial charge < -0.3 is 10.6 Å². The van der Waals surface area contributed by atoms with Crippen molar-refractivity contribution in [3.8, 4) is 0 Å². The van der Waals surface area contributed by atoms with Crippen molar-refractivity contribution in [2.24, 2.45) is 10.7 Å². The Labute approximate surface area is 144 Å². The highest BCUT2D eigenvalue weighted by atomic mass is 16.2. The molecule has 2 N–H and O–H groups in total. The molecule has 0 aromatic heterocycles. The molecule has 4 nitrogen and oxygen atoms in total. The fourth-order valence-electron chi connectivity index (χ4n) is 2.73. The van der Waals surface area contributed by atoms with Gasteiger partial charge in [-0.25, -0.2) is 0 Å². The van der Waals surface area contributed by atoms with E-state index in [9.17, 15) is 4.79 Å². The van der Waals surface area contributed by atoms with Crippen LogP contribution in [-0.2, 0) is 4.79 Å². The van der Waals surface area contributed by atoms with E-state index < -0.39 is 6.17 Å². The summed E-state index contributed by atoms with van der Waals surface area (Å²) < 4.78 is 0. The van der Waals surface area contributed by atoms with Crippen LogP contribution in [0.5, 0.6) is 0 Å². The Kier molecular flexibility index (Phi) is 6.27. The molecular weight excluding hydrogens is 298 g/mol. The predicted molar refractivity (Wildman–Crippen MR) is 100 cm³/mol. The number of nitrogens with zero attached hydrogens (tertiary/aromatic N) is 2. The third-order valence-corrected chi connectivity index (χ3v) is 3.73. The van der Waals surface area contributed by atoms with Crippen molar-refractivity contribution in [1.82, 2.24) is 0 Å². The van der Waals surface area contributed by atoms with Gasteiger partial charge in [-0.15, -0.1) is 0 Å². The number of benzodiazepines with no additional fused rings is 1. The third-order valence-electron chi connectivity index (χ3n) is 3.73. The second kappa shape index (κ2) is 8.41. The van der Waals surface area contributed by atoms with Gasteiger partial charge in [0.2, 0.25) is 0 Å². The molecule has 1 aliphatic rings. The van der Waals surface area contributed by atoms with Gasteiger partial charge in [-0.05, 0) is 12.5 Å². The van der Waals surface area contributed by atoms with Gasteiger partial charge in [-0.2, -0.15) is 0 Å². The van der Waals surface area contributed by atoms with Gasteiger partial charge >= 0.3 is 0 Å². The molecule has 4 heteroatoms. The highest BCUT2D eigenvalue weighted by Crippen LogP contribution is 2.27. The highest BCUT2D eigenvalue weighted by Gasteiger charge is 2.29. The molecule has 1 heterocycles. The van der Waals surface area contributed by atoms with E-state index in [1.165, 1.54) is 0 Å². The maximum atomic E-state index is 12.6. The van der Waals surface area contributed by atoms with Crippen LogP contribution in [0.2, 0.25) is 0 Å². The first-order valence-corrected chi connectivity index (χ1v) is 8.52. The monoisotopic (exact) mass is 323 g/mol. The second-order valence-corrected chi connectivity index (χ2v) is 5.30. The molecule has 126 valence electrons. The Balaban J connectivity index is 0.00000100. The van der Waals surface area contributed by atoms with Gasteiger partial charge in [0.05, 0.1) is 11.4 Å². The molecule has 0 spiro atoms. The molecular formula is C20H25N3O. The third kappa shape index (κ3) is 3.54. The van der Waals surface area contributed by atoms with E-state index in [4.69, 9.17) is 5.73 Å². The lowest BCUT2D eigenvalue weighted by Gasteiger charge is -2.23. The molecule has 3 rings (SSSR count). The van der Waals surface area contributed by atoms with E-state index in [2.05, 4.69) is 4.99 Å². The van der Waals surface area contributed by atoms with Gasteiger partial charge in [0.15, 0.2) is 6.17 Å². The topological polar surface area (TPSA) is 58.7 Å². The molecule has 24 heavy (non-hydrogen) atoms. The normalized spacial score (nSPS) is 16.5. The van der Waals surface area contributed by atoms with Crippen LogP contribution in [0.25, 0.3) is 0 Å². The fraction of sp³-hybridized carbons (Fsp3) is 0.300. The molecule has 1 atom stereocenters. The Hall–Kier alpha value is -2.46. The van der Waals surface area contributed by atoms with Gasteiger partial charge in [-0.1, -0.05) is 69.3 Å². The number of hydrogen-bond donors (Lipinski definition) is 1. The lowest BCUT2D eigenvalue weighted by Crippen LogP contribution is -2.42. The summed E-state index contributed by atoms with van der Waals surface area (Å²) in [5.41, 5.74) is 9.60. The van der Waals surface area contributed by atoms with Crippen molar-refractivity contribution in [3.63, 3.8) is 0 Å². The lowest BCUT2D eigenvalue weighted by molar-refractivity contribution is -0.119. The quantitative estimate of drug-likeness (QED) is 0.938. The first-order valence-electron chi connectivity index (χ1n) is 8.52. The van der Waals surface area contributed by atoms with Crippen LogP contribution in [0.3, 0.4) is 0 Å². The largest absolute Gasteiger partial charge is 0.309 e. The summed E-state index contributed by atoms with van der Waals surface area (Å²) >= 11 is 0. The van der Waals surface area contributed by atoms with E-state index in [1.54, 1.807) is 4.90 Å². The second-order valence-electron chi connectivity index (χ2n) is 5.30. The van der Waals surface area contributed by atoms with E-state index in [-0.39, 0.29) is 5.91 Å². The molecule has 1 unspecified atom stereocenters. The predicted octanol–water partition coefficient (Wildman–Crippen LogP) is 3.59. The van der Waals surface area contributed by atoms with Crippen molar-refractivity contribution in [2.75, 3.05) is 11.4 Å². The number of carbonyl (C=O) groups is 1. The number of rotatable bonds is 3. The summed E-state index contributed by atoms with van der Waals surface area (Å²) in [4.78, 5) is 18.8. The standard InChI is InChI=1S/C18H19N3O.C2H6/c1-2-12-21-15-11-7-6-10-14(15)16(20-17(19)18(21)22)13-8-4-3-5-9-13;1-2/h3-11,17H,2,12,19H2,1H3;1-2H3. The van der Waals surface area contributed by atoms with Crippen molar-refractivity contribution >= 4 is 17.3 Å². The molecule has 1 aliphatic heterocycles. The maximum absolute atomic E-state index is 12.6. The molecule has 0 bridgehead atoms. The molecule has 2 aromatic carbocycles. The SMILES string of the molecule is CC.CCCN1C(=O)C(N)N=C(c2ccccc2)c2ccccc21. The number of para-hydroxylation sites is 1. The van der Waals surface area contributed by atoms with Crippen LogP contribution in [0, 0.1) is 0 Å². The van der Waals surface area contributed by atoms with Crippen LogP contribution >= 0.6 is 0 Å². The van der Waals surface area contributed by atoms with Gasteiger partial charge in [0.1, 0.15) is 0 Å². The number of fused-ring (bicyclic) bond motifs is 1. The smallest absolute Gasteiger partial charge is 0.266 e. The number of aliphatic imine (C=N–C) groups is 1. The van der Waals surface area contributed by atoms with Crippen LogP contribution in [0.4, 0.5) is 5.69 Å². The van der Waals surface area contributed by atoms with Gasteiger partial charge in [-0.3, -0.25) is 9.79 Å². The first kappa shape index (κ1) is 17.9. The molecule has 0 saturated carbocycles. The minimum absolute atomic E-state index is 0.153. The average molecular weight is 323 g/mol. The number of hydrogen-bond acceptors (Lipinski definition) is 3. The Morgan fingerprint density at radius 2 is 1.67 bits per heavy atom. The van der Waals surface area contributed by atoms with Crippen LogP contribution < -0.4 is 10.6 Å². The fourth-order valence-corrected chi connectivity index (χ4v) is 2.73. The maximum Gasteiger partial charge on any atom is 0.266 e. The first-order chi connectivity index (χ1) is 11.7. The number of amides is 1. The summed E-state index contributed by atoms with van der Waals surface area (Å²) in [6.07, 6.45) is 0.00199. The molecule has 0 radical (unpaired) electrons. The van der Waals surface area contributed by atoms with Crippen molar-refractivity contribution in [2.45, 2.75) is 33.4 Å². The number of carbonyl (C=O) groups excluding carboxylic acids is 1. The average Bonchev–Trinajstić information content (AvgIpc) is 2.75. The summed E-state index contributed by atoms with van der Waals surface area (Å²) in [6.45, 7) is 6.69. The minimum Gasteiger partial charge on any atom is -0.309 e. The summed E-state index contributed by atoms with van der Waals surface area (Å²) in [6, 6.07) is 17.7. The molecule has 2 aromatic rings. The number of anilines is 1. The Morgan fingerprint density at radius 3 is 2.33 bits per heavy atom. The molecule has 1 amide bonds. The van der Waals surface area contributed by atoms with E-state index in [1.807, 2.05) is 75.4 Å². The number of benzene rings is 2. The lowest BCUT2D eigenvalue weighted by atomic mass is 10.0. The summed E-state index contributed by atoms with van der Waals surface area (Å²) in [5.74, 6) is -0.153.